The van der Waals surface area contributed by atoms with Crippen LogP contribution >= 0.6 is 11.3 Å². The Labute approximate surface area is 176 Å². The molecular formula is C21H20N4O4S. The van der Waals surface area contributed by atoms with Crippen molar-refractivity contribution in [3.8, 4) is 11.3 Å². The maximum absolute atomic E-state index is 12.9. The van der Waals surface area contributed by atoms with E-state index in [1.54, 1.807) is 11.0 Å². The van der Waals surface area contributed by atoms with Crippen LogP contribution in [0.3, 0.4) is 0 Å². The summed E-state index contributed by atoms with van der Waals surface area (Å²) in [5, 5.41) is 7.37. The molecule has 2 amide bonds. The van der Waals surface area contributed by atoms with E-state index >= 15 is 0 Å². The van der Waals surface area contributed by atoms with Crippen LogP contribution in [0.4, 0.5) is 5.13 Å². The van der Waals surface area contributed by atoms with Crippen LogP contribution < -0.4 is 5.32 Å². The first-order valence-electron chi connectivity index (χ1n) is 9.90. The van der Waals surface area contributed by atoms with E-state index in [1.807, 2.05) is 30.3 Å². The Morgan fingerprint density at radius 3 is 2.90 bits per heavy atom. The maximum Gasteiger partial charge on any atom is 0.276 e. The zero-order valence-corrected chi connectivity index (χ0v) is 17.0. The molecule has 0 bridgehead atoms. The number of benzene rings is 1. The highest BCUT2D eigenvalue weighted by Gasteiger charge is 2.29. The third kappa shape index (κ3) is 3.73. The molecule has 0 aliphatic carbocycles. The number of anilines is 1. The number of hydrogen-bond acceptors (Lipinski definition) is 7. The van der Waals surface area contributed by atoms with Crippen LogP contribution in [0.25, 0.3) is 11.3 Å². The second kappa shape index (κ2) is 8.00. The Balaban J connectivity index is 1.26. The van der Waals surface area contributed by atoms with Gasteiger partial charge in [0, 0.05) is 36.1 Å². The number of nitrogens with one attached hydrogen (secondary N) is 1. The summed E-state index contributed by atoms with van der Waals surface area (Å²) in [4.78, 5) is 32.4. The van der Waals surface area contributed by atoms with Gasteiger partial charge < -0.3 is 14.2 Å². The van der Waals surface area contributed by atoms with Crippen molar-refractivity contribution < 1.29 is 18.8 Å². The van der Waals surface area contributed by atoms with Crippen LogP contribution in [0.15, 0.2) is 40.9 Å². The fourth-order valence-electron chi connectivity index (χ4n) is 3.67. The Morgan fingerprint density at radius 2 is 2.10 bits per heavy atom. The molecule has 0 unspecified atom stereocenters. The van der Waals surface area contributed by atoms with Gasteiger partial charge in [-0.05, 0) is 12.8 Å². The molecule has 154 valence electrons. The van der Waals surface area contributed by atoms with Gasteiger partial charge in [-0.3, -0.25) is 14.9 Å². The number of ether oxygens (including phenoxy) is 1. The maximum atomic E-state index is 12.9. The topological polar surface area (TPSA) is 97.6 Å². The molecule has 1 aromatic carbocycles. The van der Waals surface area contributed by atoms with Crippen molar-refractivity contribution in [1.29, 1.82) is 0 Å². The molecule has 0 radical (unpaired) electrons. The Hall–Kier alpha value is -3.04. The van der Waals surface area contributed by atoms with E-state index in [9.17, 15) is 9.59 Å². The zero-order chi connectivity index (χ0) is 20.5. The van der Waals surface area contributed by atoms with Gasteiger partial charge in [-0.15, -0.1) is 0 Å². The lowest BCUT2D eigenvalue weighted by Gasteiger charge is -2.25. The molecule has 8 nitrogen and oxygen atoms in total. The van der Waals surface area contributed by atoms with Gasteiger partial charge in [0.15, 0.2) is 16.6 Å². The summed E-state index contributed by atoms with van der Waals surface area (Å²) in [6, 6.07) is 11.2. The first kappa shape index (κ1) is 19.0. The number of thiazole rings is 1. The highest BCUT2D eigenvalue weighted by atomic mass is 32.1. The van der Waals surface area contributed by atoms with Crippen LogP contribution in [0.5, 0.6) is 0 Å². The summed E-state index contributed by atoms with van der Waals surface area (Å²) >= 11 is 1.40. The highest BCUT2D eigenvalue weighted by molar-refractivity contribution is 7.15. The molecule has 2 aliphatic rings. The van der Waals surface area contributed by atoms with Gasteiger partial charge in [0.25, 0.3) is 11.8 Å². The summed E-state index contributed by atoms with van der Waals surface area (Å²) in [5.74, 6) is 0.237. The molecule has 5 rings (SSSR count). The molecule has 2 aliphatic heterocycles. The number of nitrogens with zero attached hydrogens (tertiary/aromatic N) is 3. The smallest absolute Gasteiger partial charge is 0.276 e. The van der Waals surface area contributed by atoms with E-state index < -0.39 is 6.10 Å². The number of rotatable bonds is 4. The van der Waals surface area contributed by atoms with Gasteiger partial charge in [-0.1, -0.05) is 46.8 Å². The SMILES string of the molecule is O=C(Nc1nc2c(s1)CN(C(=O)c1cc(-c3ccccc3)on1)CC2)[C@H]1CCCO1. The predicted octanol–water partition coefficient (Wildman–Crippen LogP) is 3.11. The molecule has 9 heteroatoms. The molecule has 0 spiro atoms. The fraction of sp³-hybridized carbons (Fsp3) is 0.333. The lowest BCUT2D eigenvalue weighted by Crippen LogP contribution is -2.35. The number of amides is 2. The second-order valence-electron chi connectivity index (χ2n) is 7.30. The van der Waals surface area contributed by atoms with Crippen LogP contribution in [0.2, 0.25) is 0 Å². The molecule has 1 N–H and O–H groups in total. The molecule has 3 aromatic rings. The Bertz CT molecular complexity index is 1070. The minimum absolute atomic E-state index is 0.150. The van der Waals surface area contributed by atoms with Crippen LogP contribution in [-0.2, 0) is 22.5 Å². The summed E-state index contributed by atoms with van der Waals surface area (Å²) in [6.07, 6.45) is 1.88. The van der Waals surface area contributed by atoms with Crippen LogP contribution in [0.1, 0.15) is 33.9 Å². The largest absolute Gasteiger partial charge is 0.368 e. The molecule has 1 fully saturated rings. The van der Waals surface area contributed by atoms with Gasteiger partial charge in [0.1, 0.15) is 6.10 Å². The van der Waals surface area contributed by atoms with Crippen molar-refractivity contribution in [2.45, 2.75) is 31.9 Å². The second-order valence-corrected chi connectivity index (χ2v) is 8.38. The summed E-state index contributed by atoms with van der Waals surface area (Å²) in [5.41, 5.74) is 2.09. The minimum atomic E-state index is -0.394. The highest BCUT2D eigenvalue weighted by Crippen LogP contribution is 2.30. The van der Waals surface area contributed by atoms with Gasteiger partial charge in [-0.25, -0.2) is 4.98 Å². The quantitative estimate of drug-likeness (QED) is 0.691. The van der Waals surface area contributed by atoms with E-state index in [2.05, 4.69) is 15.5 Å². The lowest BCUT2D eigenvalue weighted by atomic mass is 10.1. The van der Waals surface area contributed by atoms with Gasteiger partial charge in [-0.2, -0.15) is 0 Å². The van der Waals surface area contributed by atoms with Gasteiger partial charge >= 0.3 is 0 Å². The predicted molar refractivity (Wildman–Crippen MR) is 110 cm³/mol. The summed E-state index contributed by atoms with van der Waals surface area (Å²) in [7, 11) is 0. The molecule has 4 heterocycles. The number of aromatic nitrogens is 2. The van der Waals surface area contributed by atoms with Crippen molar-refractivity contribution >= 4 is 28.3 Å². The van der Waals surface area contributed by atoms with E-state index in [1.165, 1.54) is 11.3 Å². The Morgan fingerprint density at radius 1 is 1.23 bits per heavy atom. The van der Waals surface area contributed by atoms with Gasteiger partial charge in [0.05, 0.1) is 12.2 Å². The van der Waals surface area contributed by atoms with Crippen LogP contribution in [-0.4, -0.2) is 46.1 Å². The molecule has 30 heavy (non-hydrogen) atoms. The standard InChI is InChI=1S/C21H20N4O4S/c26-19(16-7-4-10-28-16)23-21-22-14-8-9-25(12-18(14)30-21)20(27)15-11-17(29-24-15)13-5-2-1-3-6-13/h1-3,5-6,11,16H,4,7-10,12H2,(H,22,23,26)/t16-/m1/s1. The average Bonchev–Trinajstić information content (AvgIpc) is 3.53. The lowest BCUT2D eigenvalue weighted by molar-refractivity contribution is -0.124. The fourth-order valence-corrected chi connectivity index (χ4v) is 4.70. The molecule has 2 aromatic heterocycles. The third-order valence-corrected chi connectivity index (χ3v) is 6.26. The molecule has 1 atom stereocenters. The van der Waals surface area contributed by atoms with E-state index in [0.29, 0.717) is 37.0 Å². The first-order valence-corrected chi connectivity index (χ1v) is 10.7. The van der Waals surface area contributed by atoms with Crippen molar-refractivity contribution in [3.63, 3.8) is 0 Å². The average molecular weight is 424 g/mol. The van der Waals surface area contributed by atoms with E-state index in [4.69, 9.17) is 9.26 Å². The Kier molecular flexibility index (Phi) is 5.06. The van der Waals surface area contributed by atoms with E-state index in [-0.39, 0.29) is 17.5 Å². The number of carbonyl (C=O) groups excluding carboxylic acids is 2. The van der Waals surface area contributed by atoms with E-state index in [0.717, 1.165) is 29.0 Å². The number of carbonyl (C=O) groups is 2. The summed E-state index contributed by atoms with van der Waals surface area (Å²) in [6.45, 7) is 1.61. The van der Waals surface area contributed by atoms with Crippen molar-refractivity contribution in [2.24, 2.45) is 0 Å². The molecular weight excluding hydrogens is 404 g/mol. The van der Waals surface area contributed by atoms with Crippen molar-refractivity contribution in [3.05, 3.63) is 52.7 Å². The molecule has 1 saturated heterocycles. The van der Waals surface area contributed by atoms with Gasteiger partial charge in [0.2, 0.25) is 0 Å². The monoisotopic (exact) mass is 424 g/mol. The minimum Gasteiger partial charge on any atom is -0.368 e. The number of fused-ring (bicyclic) bond motifs is 1. The number of hydrogen-bond donors (Lipinski definition) is 1. The normalized spacial score (nSPS) is 18.3. The first-order chi connectivity index (χ1) is 14.7. The van der Waals surface area contributed by atoms with Crippen molar-refractivity contribution in [1.82, 2.24) is 15.0 Å². The molecule has 0 saturated carbocycles. The van der Waals surface area contributed by atoms with Crippen molar-refractivity contribution in [2.75, 3.05) is 18.5 Å². The third-order valence-electron chi connectivity index (χ3n) is 5.26. The summed E-state index contributed by atoms with van der Waals surface area (Å²) < 4.78 is 10.8. The van der Waals surface area contributed by atoms with Crippen LogP contribution in [0, 0.1) is 0 Å². The zero-order valence-electron chi connectivity index (χ0n) is 16.2.